The summed E-state index contributed by atoms with van der Waals surface area (Å²) in [6.45, 7) is 4.02. The van der Waals surface area contributed by atoms with Gasteiger partial charge in [-0.05, 0) is 51.3 Å². The van der Waals surface area contributed by atoms with E-state index in [2.05, 4.69) is 4.72 Å². The Bertz CT molecular complexity index is 696. The van der Waals surface area contributed by atoms with Crippen LogP contribution in [0.5, 0.6) is 0 Å². The van der Waals surface area contributed by atoms with E-state index in [-0.39, 0.29) is 17.0 Å². The molecule has 0 bridgehead atoms. The molecule has 1 aliphatic heterocycles. The van der Waals surface area contributed by atoms with Crippen LogP contribution in [0.1, 0.15) is 33.1 Å². The summed E-state index contributed by atoms with van der Waals surface area (Å²) in [6, 6.07) is 2.42. The number of rotatable bonds is 4. The zero-order valence-electron chi connectivity index (χ0n) is 13.1. The van der Waals surface area contributed by atoms with Crippen LogP contribution in [0.3, 0.4) is 0 Å². The Morgan fingerprint density at radius 3 is 2.74 bits per heavy atom. The number of amides is 1. The minimum absolute atomic E-state index is 0.0791. The fourth-order valence-corrected chi connectivity index (χ4v) is 4.13. The molecule has 1 saturated heterocycles. The third-order valence-electron chi connectivity index (χ3n) is 3.97. The second kappa shape index (κ2) is 7.15. The van der Waals surface area contributed by atoms with Crippen molar-refractivity contribution in [2.24, 2.45) is 0 Å². The molecule has 1 amide bonds. The molecule has 1 aromatic rings. The van der Waals surface area contributed by atoms with Crippen molar-refractivity contribution in [2.75, 3.05) is 6.54 Å². The summed E-state index contributed by atoms with van der Waals surface area (Å²) in [5, 5.41) is 0.104. The monoisotopic (exact) mass is 362 g/mol. The van der Waals surface area contributed by atoms with E-state index in [9.17, 15) is 17.6 Å². The quantitative estimate of drug-likeness (QED) is 0.895. The van der Waals surface area contributed by atoms with Gasteiger partial charge < -0.3 is 4.90 Å². The van der Waals surface area contributed by atoms with Crippen molar-refractivity contribution in [3.05, 3.63) is 29.0 Å². The van der Waals surface area contributed by atoms with Crippen LogP contribution in [-0.2, 0) is 14.8 Å². The predicted molar refractivity (Wildman–Crippen MR) is 86.2 cm³/mol. The minimum Gasteiger partial charge on any atom is -0.339 e. The normalized spacial score (nSPS) is 20.3. The van der Waals surface area contributed by atoms with Crippen molar-refractivity contribution in [1.29, 1.82) is 0 Å². The lowest BCUT2D eigenvalue weighted by molar-refractivity contribution is -0.135. The Morgan fingerprint density at radius 1 is 1.43 bits per heavy atom. The largest absolute Gasteiger partial charge is 0.339 e. The SMILES string of the molecule is CC(NS(=O)(=O)c1ccc(Cl)cc1F)C(=O)N1CCCCC1C. The molecule has 128 valence electrons. The topological polar surface area (TPSA) is 66.5 Å². The molecular formula is C15H20ClFN2O3S. The Labute approximate surface area is 140 Å². The molecule has 0 saturated carbocycles. The number of piperidine rings is 1. The van der Waals surface area contributed by atoms with Gasteiger partial charge in [0.2, 0.25) is 15.9 Å². The third kappa shape index (κ3) is 4.22. The Morgan fingerprint density at radius 2 is 2.13 bits per heavy atom. The molecule has 8 heteroatoms. The summed E-state index contributed by atoms with van der Waals surface area (Å²) in [7, 11) is -4.14. The van der Waals surface area contributed by atoms with Crippen LogP contribution in [0.25, 0.3) is 0 Å². The highest BCUT2D eigenvalue weighted by Crippen LogP contribution is 2.20. The van der Waals surface area contributed by atoms with E-state index < -0.39 is 26.8 Å². The number of benzene rings is 1. The number of likely N-dealkylation sites (tertiary alicyclic amines) is 1. The molecule has 2 atom stereocenters. The van der Waals surface area contributed by atoms with Crippen LogP contribution in [0.4, 0.5) is 4.39 Å². The Hall–Kier alpha value is -1.18. The van der Waals surface area contributed by atoms with Crippen molar-refractivity contribution in [1.82, 2.24) is 9.62 Å². The summed E-state index contributed by atoms with van der Waals surface area (Å²) in [4.78, 5) is 13.6. The van der Waals surface area contributed by atoms with Crippen LogP contribution in [0, 0.1) is 5.82 Å². The maximum absolute atomic E-state index is 13.8. The highest BCUT2D eigenvalue weighted by molar-refractivity contribution is 7.89. The van der Waals surface area contributed by atoms with Crippen molar-refractivity contribution in [3.8, 4) is 0 Å². The second-order valence-electron chi connectivity index (χ2n) is 5.79. The van der Waals surface area contributed by atoms with Gasteiger partial charge in [0.05, 0.1) is 6.04 Å². The lowest BCUT2D eigenvalue weighted by Gasteiger charge is -2.35. The van der Waals surface area contributed by atoms with Gasteiger partial charge >= 0.3 is 0 Å². The van der Waals surface area contributed by atoms with E-state index in [1.807, 2.05) is 6.92 Å². The van der Waals surface area contributed by atoms with Gasteiger partial charge in [-0.15, -0.1) is 0 Å². The van der Waals surface area contributed by atoms with Crippen molar-refractivity contribution in [2.45, 2.75) is 50.1 Å². The van der Waals surface area contributed by atoms with Gasteiger partial charge in [-0.25, -0.2) is 12.8 Å². The number of nitrogens with one attached hydrogen (secondary N) is 1. The minimum atomic E-state index is -4.14. The van der Waals surface area contributed by atoms with Gasteiger partial charge in [0, 0.05) is 17.6 Å². The Balaban J connectivity index is 2.14. The molecule has 1 heterocycles. The van der Waals surface area contributed by atoms with Crippen LogP contribution < -0.4 is 4.72 Å². The van der Waals surface area contributed by atoms with E-state index in [0.29, 0.717) is 6.54 Å². The van der Waals surface area contributed by atoms with Crippen LogP contribution >= 0.6 is 11.6 Å². The molecular weight excluding hydrogens is 343 g/mol. The molecule has 1 aliphatic rings. The van der Waals surface area contributed by atoms with Gasteiger partial charge in [0.25, 0.3) is 0 Å². The first kappa shape index (κ1) is 18.2. The number of halogens is 2. The van der Waals surface area contributed by atoms with Crippen LogP contribution in [-0.4, -0.2) is 37.9 Å². The molecule has 0 aromatic heterocycles. The zero-order valence-corrected chi connectivity index (χ0v) is 14.6. The van der Waals surface area contributed by atoms with Gasteiger partial charge in [-0.1, -0.05) is 11.6 Å². The number of hydrogen-bond acceptors (Lipinski definition) is 3. The average Bonchev–Trinajstić information content (AvgIpc) is 2.46. The molecule has 2 unspecified atom stereocenters. The van der Waals surface area contributed by atoms with Crippen molar-refractivity contribution >= 4 is 27.5 Å². The molecule has 23 heavy (non-hydrogen) atoms. The summed E-state index contributed by atoms with van der Waals surface area (Å²) < 4.78 is 40.6. The molecule has 0 aliphatic carbocycles. The molecule has 0 spiro atoms. The van der Waals surface area contributed by atoms with Gasteiger partial charge in [-0.2, -0.15) is 4.72 Å². The standard InChI is InChI=1S/C15H20ClFN2O3S/c1-10-5-3-4-8-19(10)15(20)11(2)18-23(21,22)14-7-6-12(16)9-13(14)17/h6-7,9-11,18H,3-5,8H2,1-2H3. The van der Waals surface area contributed by atoms with E-state index in [1.165, 1.54) is 13.0 Å². The lowest BCUT2D eigenvalue weighted by atomic mass is 10.0. The first-order chi connectivity index (χ1) is 10.7. The molecule has 1 N–H and O–H groups in total. The van der Waals surface area contributed by atoms with Crippen molar-refractivity contribution < 1.29 is 17.6 Å². The lowest BCUT2D eigenvalue weighted by Crippen LogP contribution is -2.51. The van der Waals surface area contributed by atoms with Crippen LogP contribution in [0.15, 0.2) is 23.1 Å². The first-order valence-electron chi connectivity index (χ1n) is 7.50. The van der Waals surface area contributed by atoms with E-state index in [0.717, 1.165) is 31.4 Å². The second-order valence-corrected chi connectivity index (χ2v) is 7.91. The maximum Gasteiger partial charge on any atom is 0.244 e. The average molecular weight is 363 g/mol. The smallest absolute Gasteiger partial charge is 0.244 e. The number of carbonyl (C=O) groups is 1. The molecule has 0 radical (unpaired) electrons. The van der Waals surface area contributed by atoms with E-state index in [1.54, 1.807) is 4.90 Å². The van der Waals surface area contributed by atoms with E-state index in [4.69, 9.17) is 11.6 Å². The summed E-state index contributed by atoms with van der Waals surface area (Å²) in [5.74, 6) is -1.24. The molecule has 1 fully saturated rings. The summed E-state index contributed by atoms with van der Waals surface area (Å²) in [6.07, 6.45) is 2.86. The number of carbonyl (C=O) groups excluding carboxylic acids is 1. The summed E-state index contributed by atoms with van der Waals surface area (Å²) in [5.41, 5.74) is 0. The third-order valence-corrected chi connectivity index (χ3v) is 5.78. The Kier molecular flexibility index (Phi) is 5.65. The number of nitrogens with zero attached hydrogens (tertiary/aromatic N) is 1. The van der Waals surface area contributed by atoms with Crippen LogP contribution in [0.2, 0.25) is 5.02 Å². The molecule has 2 rings (SSSR count). The zero-order chi connectivity index (χ0) is 17.2. The highest BCUT2D eigenvalue weighted by atomic mass is 35.5. The number of hydrogen-bond donors (Lipinski definition) is 1. The molecule has 1 aromatic carbocycles. The van der Waals surface area contributed by atoms with E-state index >= 15 is 0 Å². The maximum atomic E-state index is 13.8. The summed E-state index contributed by atoms with van der Waals surface area (Å²) >= 11 is 5.62. The highest BCUT2D eigenvalue weighted by Gasteiger charge is 2.30. The van der Waals surface area contributed by atoms with Crippen molar-refractivity contribution in [3.63, 3.8) is 0 Å². The fourth-order valence-electron chi connectivity index (χ4n) is 2.71. The fraction of sp³-hybridized carbons (Fsp3) is 0.533. The number of sulfonamides is 1. The molecule has 5 nitrogen and oxygen atoms in total. The predicted octanol–water partition coefficient (Wildman–Crippen LogP) is 2.55. The van der Waals surface area contributed by atoms with Gasteiger partial charge in [0.1, 0.15) is 10.7 Å². The van der Waals surface area contributed by atoms with Gasteiger partial charge in [-0.3, -0.25) is 4.79 Å². The first-order valence-corrected chi connectivity index (χ1v) is 9.36. The van der Waals surface area contributed by atoms with Gasteiger partial charge in [0.15, 0.2) is 0 Å².